The standard InChI is InChI=1S/C17H19NO3/c1-21-16(19)18-14-7-8-15(18)12-17(20,11-14)10-9-13-5-3-2-4-6-13/h2-6,14-15,20H,7-8,11-12H2,1H3/t14-,15+,17?. The maximum Gasteiger partial charge on any atom is 0.409 e. The molecule has 3 atom stereocenters. The molecule has 3 rings (SSSR count). The Morgan fingerprint density at radius 3 is 2.48 bits per heavy atom. The third-order valence-corrected chi connectivity index (χ3v) is 4.37. The molecule has 1 amide bonds. The van der Waals surface area contributed by atoms with Gasteiger partial charge in [0.15, 0.2) is 0 Å². The molecule has 2 aliphatic heterocycles. The number of nitrogens with zero attached hydrogens (tertiary/aromatic N) is 1. The van der Waals surface area contributed by atoms with Crippen LogP contribution in [0.15, 0.2) is 30.3 Å². The van der Waals surface area contributed by atoms with Gasteiger partial charge in [-0.2, -0.15) is 0 Å². The first-order chi connectivity index (χ1) is 10.1. The first kappa shape index (κ1) is 14.0. The van der Waals surface area contributed by atoms with E-state index < -0.39 is 5.60 Å². The van der Waals surface area contributed by atoms with Crippen molar-refractivity contribution in [2.75, 3.05) is 7.11 Å². The van der Waals surface area contributed by atoms with Gasteiger partial charge in [0.1, 0.15) is 5.60 Å². The largest absolute Gasteiger partial charge is 0.453 e. The topological polar surface area (TPSA) is 49.8 Å². The van der Waals surface area contributed by atoms with Gasteiger partial charge in [0, 0.05) is 30.5 Å². The van der Waals surface area contributed by atoms with Gasteiger partial charge in [-0.1, -0.05) is 30.0 Å². The highest BCUT2D eigenvalue weighted by Crippen LogP contribution is 2.40. The van der Waals surface area contributed by atoms with E-state index in [1.165, 1.54) is 7.11 Å². The number of rotatable bonds is 0. The number of fused-ring (bicyclic) bond motifs is 2. The van der Waals surface area contributed by atoms with Crippen molar-refractivity contribution in [2.24, 2.45) is 0 Å². The second kappa shape index (κ2) is 5.42. The number of carbonyl (C=O) groups excluding carboxylic acids is 1. The molecule has 1 unspecified atom stereocenters. The van der Waals surface area contributed by atoms with Gasteiger partial charge < -0.3 is 14.7 Å². The highest BCUT2D eigenvalue weighted by molar-refractivity contribution is 5.69. The fraction of sp³-hybridized carbons (Fsp3) is 0.471. The van der Waals surface area contributed by atoms with Crippen LogP contribution in [0.4, 0.5) is 4.79 Å². The number of benzene rings is 1. The van der Waals surface area contributed by atoms with Crippen molar-refractivity contribution in [2.45, 2.75) is 43.4 Å². The molecule has 2 saturated heterocycles. The molecule has 2 fully saturated rings. The molecule has 2 bridgehead atoms. The van der Waals surface area contributed by atoms with E-state index in [-0.39, 0.29) is 18.2 Å². The second-order valence-corrected chi connectivity index (χ2v) is 5.82. The molecule has 0 saturated carbocycles. The van der Waals surface area contributed by atoms with Crippen LogP contribution < -0.4 is 0 Å². The lowest BCUT2D eigenvalue weighted by molar-refractivity contribution is -0.00730. The molecule has 2 aliphatic rings. The Morgan fingerprint density at radius 2 is 1.90 bits per heavy atom. The summed E-state index contributed by atoms with van der Waals surface area (Å²) < 4.78 is 4.84. The van der Waals surface area contributed by atoms with Crippen LogP contribution in [-0.2, 0) is 4.74 Å². The van der Waals surface area contributed by atoms with Gasteiger partial charge in [0.25, 0.3) is 0 Å². The van der Waals surface area contributed by atoms with Crippen LogP contribution in [0.2, 0.25) is 0 Å². The van der Waals surface area contributed by atoms with E-state index >= 15 is 0 Å². The van der Waals surface area contributed by atoms with Crippen molar-refractivity contribution < 1.29 is 14.6 Å². The molecule has 4 nitrogen and oxygen atoms in total. The zero-order chi connectivity index (χ0) is 14.9. The van der Waals surface area contributed by atoms with Crippen LogP contribution in [0.25, 0.3) is 0 Å². The quantitative estimate of drug-likeness (QED) is 0.743. The molecular formula is C17H19NO3. The summed E-state index contributed by atoms with van der Waals surface area (Å²) in [4.78, 5) is 13.6. The second-order valence-electron chi connectivity index (χ2n) is 5.82. The molecular weight excluding hydrogens is 266 g/mol. The van der Waals surface area contributed by atoms with Crippen LogP contribution in [0.1, 0.15) is 31.2 Å². The number of hydrogen-bond acceptors (Lipinski definition) is 3. The molecule has 0 aliphatic carbocycles. The third kappa shape index (κ3) is 2.74. The van der Waals surface area contributed by atoms with Crippen LogP contribution in [0.5, 0.6) is 0 Å². The van der Waals surface area contributed by atoms with Gasteiger partial charge in [0.2, 0.25) is 0 Å². The predicted molar refractivity (Wildman–Crippen MR) is 78.6 cm³/mol. The van der Waals surface area contributed by atoms with Crippen LogP contribution >= 0.6 is 0 Å². The van der Waals surface area contributed by atoms with E-state index in [9.17, 15) is 9.90 Å². The minimum atomic E-state index is -1.01. The number of piperidine rings is 1. The van der Waals surface area contributed by atoms with Gasteiger partial charge in [-0.25, -0.2) is 4.79 Å². The lowest BCUT2D eigenvalue weighted by atomic mass is 9.86. The number of ether oxygens (including phenoxy) is 1. The number of amides is 1. The highest BCUT2D eigenvalue weighted by Gasteiger charge is 2.49. The summed E-state index contributed by atoms with van der Waals surface area (Å²) in [6.45, 7) is 0. The minimum Gasteiger partial charge on any atom is -0.453 e. The maximum atomic E-state index is 11.8. The summed E-state index contributed by atoms with van der Waals surface area (Å²) in [5, 5.41) is 10.7. The molecule has 1 N–H and O–H groups in total. The lowest BCUT2D eigenvalue weighted by Crippen LogP contribution is -2.52. The van der Waals surface area contributed by atoms with E-state index in [2.05, 4.69) is 11.8 Å². The summed E-state index contributed by atoms with van der Waals surface area (Å²) in [6, 6.07) is 9.71. The summed E-state index contributed by atoms with van der Waals surface area (Å²) >= 11 is 0. The normalized spacial score (nSPS) is 30.5. The fourth-order valence-electron chi connectivity index (χ4n) is 3.44. The number of aliphatic hydroxyl groups is 1. The number of carbonyl (C=O) groups is 1. The third-order valence-electron chi connectivity index (χ3n) is 4.37. The number of hydrogen-bond donors (Lipinski definition) is 1. The van der Waals surface area contributed by atoms with E-state index in [1.807, 2.05) is 30.3 Å². The van der Waals surface area contributed by atoms with Crippen molar-refractivity contribution in [1.82, 2.24) is 4.90 Å². The molecule has 0 spiro atoms. The molecule has 21 heavy (non-hydrogen) atoms. The van der Waals surface area contributed by atoms with Crippen molar-refractivity contribution >= 4 is 6.09 Å². The van der Waals surface area contributed by atoms with Gasteiger partial charge in [0.05, 0.1) is 7.11 Å². The summed E-state index contributed by atoms with van der Waals surface area (Å²) in [7, 11) is 1.40. The van der Waals surface area contributed by atoms with Crippen molar-refractivity contribution in [3.05, 3.63) is 35.9 Å². The van der Waals surface area contributed by atoms with Gasteiger partial charge in [-0.05, 0) is 25.0 Å². The van der Waals surface area contributed by atoms with E-state index in [0.717, 1.165) is 18.4 Å². The average molecular weight is 285 g/mol. The Bertz CT molecular complexity index is 573. The van der Waals surface area contributed by atoms with Gasteiger partial charge in [-0.15, -0.1) is 0 Å². The van der Waals surface area contributed by atoms with E-state index in [1.54, 1.807) is 4.90 Å². The maximum absolute atomic E-state index is 11.8. The van der Waals surface area contributed by atoms with Crippen molar-refractivity contribution in [3.8, 4) is 11.8 Å². The van der Waals surface area contributed by atoms with E-state index in [0.29, 0.717) is 12.8 Å². The zero-order valence-electron chi connectivity index (χ0n) is 12.1. The SMILES string of the molecule is COC(=O)N1[C@@H]2CC[C@H]1CC(O)(C#Cc1ccccc1)C2. The Labute approximate surface area is 124 Å². The van der Waals surface area contributed by atoms with Crippen LogP contribution in [0, 0.1) is 11.8 Å². The summed E-state index contributed by atoms with van der Waals surface area (Å²) in [6.07, 6.45) is 2.53. The Balaban J connectivity index is 1.78. The van der Waals surface area contributed by atoms with Crippen LogP contribution in [0.3, 0.4) is 0 Å². The molecule has 1 aromatic carbocycles. The van der Waals surface area contributed by atoms with Crippen LogP contribution in [-0.4, -0.2) is 40.9 Å². The highest BCUT2D eigenvalue weighted by atomic mass is 16.5. The molecule has 0 aromatic heterocycles. The zero-order valence-corrected chi connectivity index (χ0v) is 12.1. The molecule has 110 valence electrons. The molecule has 2 heterocycles. The predicted octanol–water partition coefficient (Wildman–Crippen LogP) is 2.16. The first-order valence-corrected chi connectivity index (χ1v) is 7.28. The van der Waals surface area contributed by atoms with Crippen molar-refractivity contribution in [1.29, 1.82) is 0 Å². The Hall–Kier alpha value is -1.99. The van der Waals surface area contributed by atoms with Gasteiger partial charge in [-0.3, -0.25) is 0 Å². The van der Waals surface area contributed by atoms with Gasteiger partial charge >= 0.3 is 6.09 Å². The minimum absolute atomic E-state index is 0.0336. The smallest absolute Gasteiger partial charge is 0.409 e. The summed E-state index contributed by atoms with van der Waals surface area (Å²) in [5.74, 6) is 6.07. The number of methoxy groups -OCH3 is 1. The monoisotopic (exact) mass is 285 g/mol. The molecule has 4 heteroatoms. The average Bonchev–Trinajstić information content (AvgIpc) is 2.78. The fourth-order valence-corrected chi connectivity index (χ4v) is 3.44. The molecule has 0 radical (unpaired) electrons. The molecule has 1 aromatic rings. The lowest BCUT2D eigenvalue weighted by Gasteiger charge is -2.40. The first-order valence-electron chi connectivity index (χ1n) is 7.28. The Kier molecular flexibility index (Phi) is 3.60. The van der Waals surface area contributed by atoms with Crippen molar-refractivity contribution in [3.63, 3.8) is 0 Å². The van der Waals surface area contributed by atoms with E-state index in [4.69, 9.17) is 4.74 Å². The summed E-state index contributed by atoms with van der Waals surface area (Å²) in [5.41, 5.74) is -0.111. The Morgan fingerprint density at radius 1 is 1.29 bits per heavy atom.